The molecule has 2 aromatic rings. The Labute approximate surface area is 87.5 Å². The Balaban J connectivity index is 2.13. The van der Waals surface area contributed by atoms with Gasteiger partial charge in [0.1, 0.15) is 11.3 Å². The van der Waals surface area contributed by atoms with E-state index in [4.69, 9.17) is 0 Å². The van der Waals surface area contributed by atoms with Crippen molar-refractivity contribution in [3.63, 3.8) is 0 Å². The van der Waals surface area contributed by atoms with Crippen molar-refractivity contribution in [1.82, 2.24) is 15.0 Å². The van der Waals surface area contributed by atoms with E-state index >= 15 is 0 Å². The van der Waals surface area contributed by atoms with Crippen LogP contribution in [0.1, 0.15) is 31.7 Å². The average molecular weight is 203 g/mol. The predicted molar refractivity (Wildman–Crippen MR) is 56.7 cm³/mol. The van der Waals surface area contributed by atoms with E-state index in [1.165, 1.54) is 25.7 Å². The van der Waals surface area contributed by atoms with Crippen LogP contribution in [-0.2, 0) is 0 Å². The van der Waals surface area contributed by atoms with Gasteiger partial charge in [0.05, 0.1) is 11.6 Å². The largest absolute Gasteiger partial charge is 0.508 e. The molecule has 0 aliphatic heterocycles. The van der Waals surface area contributed by atoms with Crippen LogP contribution in [0.15, 0.2) is 18.2 Å². The van der Waals surface area contributed by atoms with Crippen molar-refractivity contribution in [2.45, 2.75) is 31.7 Å². The van der Waals surface area contributed by atoms with Gasteiger partial charge in [-0.05, 0) is 25.0 Å². The minimum absolute atomic E-state index is 0.282. The zero-order chi connectivity index (χ0) is 10.3. The maximum absolute atomic E-state index is 9.45. The van der Waals surface area contributed by atoms with Crippen molar-refractivity contribution in [3.8, 4) is 5.75 Å². The number of fused-ring (bicyclic) bond motifs is 1. The SMILES string of the molecule is Oc1ccc2nnn(C3CCCC3)c2c1. The third-order valence-corrected chi connectivity index (χ3v) is 3.13. The van der Waals surface area contributed by atoms with Crippen LogP contribution in [0.2, 0.25) is 0 Å². The minimum Gasteiger partial charge on any atom is -0.508 e. The lowest BCUT2D eigenvalue weighted by Crippen LogP contribution is -2.06. The summed E-state index contributed by atoms with van der Waals surface area (Å²) in [5.41, 5.74) is 1.81. The first-order valence-electron chi connectivity index (χ1n) is 5.38. The van der Waals surface area contributed by atoms with E-state index in [1.54, 1.807) is 12.1 Å². The Morgan fingerprint density at radius 3 is 2.87 bits per heavy atom. The van der Waals surface area contributed by atoms with Crippen LogP contribution in [0.4, 0.5) is 0 Å². The molecule has 15 heavy (non-hydrogen) atoms. The van der Waals surface area contributed by atoms with Gasteiger partial charge in [-0.3, -0.25) is 0 Å². The molecule has 0 saturated heterocycles. The molecule has 0 amide bonds. The molecule has 1 aromatic carbocycles. The highest BCUT2D eigenvalue weighted by Crippen LogP contribution is 2.31. The van der Waals surface area contributed by atoms with Crippen molar-refractivity contribution in [2.75, 3.05) is 0 Å². The standard InChI is InChI=1S/C11H13N3O/c15-9-5-6-10-11(7-9)14(13-12-10)8-3-1-2-4-8/h5-8,15H,1-4H2. The maximum atomic E-state index is 9.45. The van der Waals surface area contributed by atoms with Crippen LogP contribution in [0.5, 0.6) is 5.75 Å². The first-order valence-corrected chi connectivity index (χ1v) is 5.38. The van der Waals surface area contributed by atoms with Gasteiger partial charge >= 0.3 is 0 Å². The van der Waals surface area contributed by atoms with E-state index in [-0.39, 0.29) is 5.75 Å². The fraction of sp³-hybridized carbons (Fsp3) is 0.455. The summed E-state index contributed by atoms with van der Waals surface area (Å²) in [4.78, 5) is 0. The summed E-state index contributed by atoms with van der Waals surface area (Å²) in [6, 6.07) is 5.67. The number of benzene rings is 1. The molecule has 1 aromatic heterocycles. The van der Waals surface area contributed by atoms with Crippen molar-refractivity contribution < 1.29 is 5.11 Å². The van der Waals surface area contributed by atoms with Crippen LogP contribution in [0.3, 0.4) is 0 Å². The lowest BCUT2D eigenvalue weighted by atomic mass is 10.2. The number of aromatic nitrogens is 3. The van der Waals surface area contributed by atoms with E-state index < -0.39 is 0 Å². The van der Waals surface area contributed by atoms with Crippen LogP contribution >= 0.6 is 0 Å². The molecule has 1 heterocycles. The summed E-state index contributed by atoms with van der Waals surface area (Å²) in [6.07, 6.45) is 4.89. The topological polar surface area (TPSA) is 50.9 Å². The van der Waals surface area contributed by atoms with E-state index in [0.717, 1.165) is 11.0 Å². The van der Waals surface area contributed by atoms with Crippen molar-refractivity contribution in [2.24, 2.45) is 0 Å². The Morgan fingerprint density at radius 1 is 1.27 bits per heavy atom. The predicted octanol–water partition coefficient (Wildman–Crippen LogP) is 2.25. The van der Waals surface area contributed by atoms with Crippen LogP contribution in [0, 0.1) is 0 Å². The summed E-state index contributed by atoms with van der Waals surface area (Å²) in [5, 5.41) is 17.7. The van der Waals surface area contributed by atoms with Crippen molar-refractivity contribution in [3.05, 3.63) is 18.2 Å². The molecule has 0 unspecified atom stereocenters. The average Bonchev–Trinajstić information content (AvgIpc) is 2.83. The smallest absolute Gasteiger partial charge is 0.117 e. The van der Waals surface area contributed by atoms with E-state index in [1.807, 2.05) is 10.7 Å². The van der Waals surface area contributed by atoms with E-state index in [9.17, 15) is 5.11 Å². The summed E-state index contributed by atoms with van der Waals surface area (Å²) in [6.45, 7) is 0. The molecule has 0 atom stereocenters. The number of hydrogen-bond acceptors (Lipinski definition) is 3. The highest BCUT2D eigenvalue weighted by molar-refractivity contribution is 5.76. The van der Waals surface area contributed by atoms with Gasteiger partial charge in [-0.15, -0.1) is 5.10 Å². The molecule has 1 aliphatic rings. The lowest BCUT2D eigenvalue weighted by Gasteiger charge is -2.09. The summed E-state index contributed by atoms with van der Waals surface area (Å²) in [7, 11) is 0. The number of nitrogens with zero attached hydrogens (tertiary/aromatic N) is 3. The molecule has 0 bridgehead atoms. The highest BCUT2D eigenvalue weighted by atomic mass is 16.3. The van der Waals surface area contributed by atoms with Crippen LogP contribution in [-0.4, -0.2) is 20.1 Å². The molecule has 0 radical (unpaired) electrons. The molecule has 1 fully saturated rings. The molecular formula is C11H13N3O. The highest BCUT2D eigenvalue weighted by Gasteiger charge is 2.20. The fourth-order valence-corrected chi connectivity index (χ4v) is 2.34. The molecule has 1 saturated carbocycles. The Morgan fingerprint density at radius 2 is 2.07 bits per heavy atom. The molecule has 78 valence electrons. The molecule has 1 N–H and O–H groups in total. The van der Waals surface area contributed by atoms with E-state index in [0.29, 0.717) is 6.04 Å². The van der Waals surface area contributed by atoms with Gasteiger partial charge in [-0.2, -0.15) is 0 Å². The second kappa shape index (κ2) is 3.22. The summed E-state index contributed by atoms with van der Waals surface area (Å²) < 4.78 is 1.96. The van der Waals surface area contributed by atoms with Crippen LogP contribution < -0.4 is 0 Å². The number of rotatable bonds is 1. The van der Waals surface area contributed by atoms with Gasteiger partial charge in [-0.25, -0.2) is 4.68 Å². The van der Waals surface area contributed by atoms with Gasteiger partial charge in [0.2, 0.25) is 0 Å². The quantitative estimate of drug-likeness (QED) is 0.773. The van der Waals surface area contributed by atoms with Gasteiger partial charge in [-0.1, -0.05) is 18.1 Å². The molecule has 3 rings (SSSR count). The van der Waals surface area contributed by atoms with Crippen molar-refractivity contribution in [1.29, 1.82) is 0 Å². The van der Waals surface area contributed by atoms with Crippen LogP contribution in [0.25, 0.3) is 11.0 Å². The van der Waals surface area contributed by atoms with Gasteiger partial charge < -0.3 is 5.11 Å². The van der Waals surface area contributed by atoms with Crippen molar-refractivity contribution >= 4 is 11.0 Å². The number of aromatic hydroxyl groups is 1. The Kier molecular flexibility index (Phi) is 1.87. The Hall–Kier alpha value is -1.58. The third-order valence-electron chi connectivity index (χ3n) is 3.13. The third kappa shape index (κ3) is 1.37. The summed E-state index contributed by atoms with van der Waals surface area (Å²) in [5.74, 6) is 0.282. The van der Waals surface area contributed by atoms with Gasteiger partial charge in [0.15, 0.2) is 0 Å². The summed E-state index contributed by atoms with van der Waals surface area (Å²) >= 11 is 0. The first-order chi connectivity index (χ1) is 7.34. The van der Waals surface area contributed by atoms with Gasteiger partial charge in [0.25, 0.3) is 0 Å². The minimum atomic E-state index is 0.282. The zero-order valence-electron chi connectivity index (χ0n) is 8.43. The first kappa shape index (κ1) is 8.71. The molecular weight excluding hydrogens is 190 g/mol. The monoisotopic (exact) mass is 203 g/mol. The second-order valence-electron chi connectivity index (χ2n) is 4.15. The van der Waals surface area contributed by atoms with Gasteiger partial charge in [0, 0.05) is 6.07 Å². The normalized spacial score (nSPS) is 17.6. The fourth-order valence-electron chi connectivity index (χ4n) is 2.34. The molecule has 4 heteroatoms. The lowest BCUT2D eigenvalue weighted by molar-refractivity contribution is 0.462. The molecule has 1 aliphatic carbocycles. The zero-order valence-corrected chi connectivity index (χ0v) is 8.43. The molecule has 0 spiro atoms. The van der Waals surface area contributed by atoms with E-state index in [2.05, 4.69) is 10.3 Å². The second-order valence-corrected chi connectivity index (χ2v) is 4.15. The number of phenolic OH excluding ortho intramolecular Hbond substituents is 1. The maximum Gasteiger partial charge on any atom is 0.117 e. The Bertz CT molecular complexity index is 486. The number of phenols is 1. The molecule has 4 nitrogen and oxygen atoms in total. The number of hydrogen-bond donors (Lipinski definition) is 1.